The summed E-state index contributed by atoms with van der Waals surface area (Å²) in [6.45, 7) is 14.5. The van der Waals surface area contributed by atoms with Crippen molar-refractivity contribution in [1.29, 1.82) is 5.26 Å². The molecule has 0 spiro atoms. The summed E-state index contributed by atoms with van der Waals surface area (Å²) in [5.41, 5.74) is 3.03. The summed E-state index contributed by atoms with van der Waals surface area (Å²) >= 11 is 0. The van der Waals surface area contributed by atoms with Crippen molar-refractivity contribution in [1.82, 2.24) is 0 Å². The van der Waals surface area contributed by atoms with E-state index >= 15 is 0 Å². The highest BCUT2D eigenvalue weighted by Crippen LogP contribution is 2.36. The Morgan fingerprint density at radius 1 is 0.861 bits per heavy atom. The van der Waals surface area contributed by atoms with Crippen molar-refractivity contribution in [2.75, 3.05) is 13.2 Å². The number of esters is 1. The fourth-order valence-corrected chi connectivity index (χ4v) is 4.29. The molecule has 1 atom stereocenters. The van der Waals surface area contributed by atoms with E-state index in [1.54, 1.807) is 48.5 Å². The predicted molar refractivity (Wildman–Crippen MR) is 146 cm³/mol. The molecule has 0 radical (unpaired) electrons. The molecule has 0 bridgehead atoms. The van der Waals surface area contributed by atoms with Crippen LogP contribution in [0.3, 0.4) is 0 Å². The second-order valence-corrected chi connectivity index (χ2v) is 15.4. The van der Waals surface area contributed by atoms with E-state index in [2.05, 4.69) is 46.9 Å². The van der Waals surface area contributed by atoms with Crippen molar-refractivity contribution in [2.45, 2.75) is 45.8 Å². The predicted octanol–water partition coefficient (Wildman–Crippen LogP) is 7.48. The van der Waals surface area contributed by atoms with E-state index in [4.69, 9.17) is 19.2 Å². The summed E-state index contributed by atoms with van der Waals surface area (Å²) in [7, 11) is -1.77. The first-order valence-electron chi connectivity index (χ1n) is 12.2. The maximum absolute atomic E-state index is 12.6. The van der Waals surface area contributed by atoms with Crippen LogP contribution in [0.5, 0.6) is 11.5 Å². The van der Waals surface area contributed by atoms with Gasteiger partial charge in [0.2, 0.25) is 0 Å². The fraction of sp³-hybridized carbons (Fsp3) is 0.333. The molecule has 0 amide bonds. The van der Waals surface area contributed by atoms with E-state index in [-0.39, 0.29) is 11.0 Å². The zero-order valence-corrected chi connectivity index (χ0v) is 23.0. The minimum atomic E-state index is -1.77. The lowest BCUT2D eigenvalue weighted by Gasteiger charge is -2.37. The normalized spacial score (nSPS) is 12.5. The van der Waals surface area contributed by atoms with Gasteiger partial charge in [0.25, 0.3) is 0 Å². The molecular formula is C30H35NO4Si. The second-order valence-electron chi connectivity index (χ2n) is 10.6. The Kier molecular flexibility index (Phi) is 8.73. The first-order valence-corrected chi connectivity index (χ1v) is 15.1. The number of rotatable bonds is 9. The van der Waals surface area contributed by atoms with Crippen LogP contribution in [0.25, 0.3) is 11.1 Å². The molecule has 3 aromatic carbocycles. The molecule has 0 saturated carbocycles. The van der Waals surface area contributed by atoms with Gasteiger partial charge >= 0.3 is 5.97 Å². The lowest BCUT2D eigenvalue weighted by Crippen LogP contribution is -2.42. The van der Waals surface area contributed by atoms with Crippen LogP contribution in [-0.4, -0.2) is 27.5 Å². The molecule has 0 aliphatic carbocycles. The fourth-order valence-electron chi connectivity index (χ4n) is 3.16. The largest absolute Gasteiger partial charge is 0.493 e. The summed E-state index contributed by atoms with van der Waals surface area (Å²) in [6.07, 6.45) is 0. The van der Waals surface area contributed by atoms with Crippen molar-refractivity contribution in [3.05, 3.63) is 83.9 Å². The van der Waals surface area contributed by atoms with E-state index in [1.165, 1.54) is 0 Å². The molecule has 0 fully saturated rings. The molecule has 0 N–H and O–H groups in total. The van der Waals surface area contributed by atoms with Crippen molar-refractivity contribution in [2.24, 2.45) is 5.92 Å². The van der Waals surface area contributed by atoms with Crippen LogP contribution in [0, 0.1) is 17.2 Å². The van der Waals surface area contributed by atoms with Gasteiger partial charge in [-0.05, 0) is 77.8 Å². The third kappa shape index (κ3) is 7.30. The molecular weight excluding hydrogens is 466 g/mol. The molecule has 3 rings (SSSR count). The first-order chi connectivity index (χ1) is 17.0. The van der Waals surface area contributed by atoms with Gasteiger partial charge in [0, 0.05) is 12.5 Å². The topological polar surface area (TPSA) is 68.5 Å². The van der Waals surface area contributed by atoms with Gasteiger partial charge in [-0.2, -0.15) is 5.26 Å². The molecule has 36 heavy (non-hydrogen) atoms. The highest BCUT2D eigenvalue weighted by atomic mass is 28.4. The molecule has 6 heteroatoms. The number of carbonyl (C=O) groups is 1. The van der Waals surface area contributed by atoms with E-state index in [0.29, 0.717) is 35.8 Å². The average molecular weight is 502 g/mol. The summed E-state index contributed by atoms with van der Waals surface area (Å²) in [5, 5.41) is 9.12. The molecule has 1 unspecified atom stereocenters. The molecule has 5 nitrogen and oxygen atoms in total. The summed E-state index contributed by atoms with van der Waals surface area (Å²) < 4.78 is 17.7. The van der Waals surface area contributed by atoms with Crippen LogP contribution in [-0.2, 0) is 4.43 Å². The van der Waals surface area contributed by atoms with Gasteiger partial charge in [-0.3, -0.25) is 0 Å². The zero-order chi connectivity index (χ0) is 26.3. The van der Waals surface area contributed by atoms with Crippen LogP contribution < -0.4 is 9.47 Å². The van der Waals surface area contributed by atoms with Crippen LogP contribution in [0.4, 0.5) is 0 Å². The number of hydrogen-bond acceptors (Lipinski definition) is 5. The van der Waals surface area contributed by atoms with Crippen LogP contribution in [0.1, 0.15) is 43.6 Å². The van der Waals surface area contributed by atoms with Gasteiger partial charge in [-0.1, -0.05) is 52.0 Å². The number of ether oxygens (including phenoxy) is 2. The molecule has 3 aromatic rings. The van der Waals surface area contributed by atoms with E-state index < -0.39 is 14.3 Å². The molecule has 188 valence electrons. The number of hydrogen-bond donors (Lipinski definition) is 0. The van der Waals surface area contributed by atoms with Crippen LogP contribution in [0.15, 0.2) is 72.8 Å². The Hall–Kier alpha value is -3.40. The molecule has 0 aliphatic heterocycles. The molecule has 0 saturated heterocycles. The van der Waals surface area contributed by atoms with Gasteiger partial charge in [-0.25, -0.2) is 4.79 Å². The van der Waals surface area contributed by atoms with Crippen molar-refractivity contribution < 1.29 is 18.7 Å². The Morgan fingerprint density at radius 3 is 1.92 bits per heavy atom. The Balaban J connectivity index is 1.50. The van der Waals surface area contributed by atoms with E-state index in [9.17, 15) is 4.79 Å². The van der Waals surface area contributed by atoms with Crippen molar-refractivity contribution in [3.8, 4) is 28.7 Å². The maximum Gasteiger partial charge on any atom is 0.343 e. The van der Waals surface area contributed by atoms with Crippen molar-refractivity contribution in [3.63, 3.8) is 0 Å². The minimum Gasteiger partial charge on any atom is -0.493 e. The lowest BCUT2D eigenvalue weighted by atomic mass is 10.0. The minimum absolute atomic E-state index is 0.186. The summed E-state index contributed by atoms with van der Waals surface area (Å²) in [4.78, 5) is 12.6. The van der Waals surface area contributed by atoms with E-state index in [0.717, 1.165) is 11.1 Å². The zero-order valence-electron chi connectivity index (χ0n) is 22.0. The monoisotopic (exact) mass is 501 g/mol. The van der Waals surface area contributed by atoms with Crippen LogP contribution in [0.2, 0.25) is 18.1 Å². The number of benzene rings is 3. The average Bonchev–Trinajstić information content (AvgIpc) is 2.86. The standard InChI is InChI=1S/C30H35NO4Si/c1-22(21-34-36(5,6)30(2,3)4)20-33-27-15-13-26(14-16-27)29(32)35-28-17-11-25(12-18-28)24-9-7-23(19-31)8-10-24/h7-18,22H,20-21H2,1-6H3. The summed E-state index contributed by atoms with van der Waals surface area (Å²) in [5.74, 6) is 1.01. The number of nitrogens with zero attached hydrogens (tertiary/aromatic N) is 1. The SMILES string of the molecule is CC(COc1ccc(C(=O)Oc2ccc(-c3ccc(C#N)cc3)cc2)cc1)CO[Si](C)(C)C(C)(C)C. The highest BCUT2D eigenvalue weighted by Gasteiger charge is 2.37. The Morgan fingerprint density at radius 2 is 1.39 bits per heavy atom. The van der Waals surface area contributed by atoms with Gasteiger partial charge in [0.05, 0.1) is 23.8 Å². The molecule has 0 aliphatic rings. The number of nitriles is 1. The number of carbonyl (C=O) groups excluding carboxylic acids is 1. The van der Waals surface area contributed by atoms with Gasteiger partial charge in [0.1, 0.15) is 11.5 Å². The maximum atomic E-state index is 12.6. The Labute approximate surface area is 215 Å². The lowest BCUT2D eigenvalue weighted by molar-refractivity contribution is 0.0734. The van der Waals surface area contributed by atoms with Crippen molar-refractivity contribution >= 4 is 14.3 Å². The third-order valence-corrected chi connectivity index (χ3v) is 11.1. The van der Waals surface area contributed by atoms with Crippen LogP contribution >= 0.6 is 0 Å². The highest BCUT2D eigenvalue weighted by molar-refractivity contribution is 6.74. The second kappa shape index (κ2) is 11.6. The third-order valence-electron chi connectivity index (χ3n) is 6.57. The smallest absolute Gasteiger partial charge is 0.343 e. The first kappa shape index (κ1) is 27.2. The molecule has 0 aromatic heterocycles. The van der Waals surface area contributed by atoms with Gasteiger partial charge in [-0.15, -0.1) is 0 Å². The Bertz CT molecular complexity index is 1190. The summed E-state index contributed by atoms with van der Waals surface area (Å²) in [6, 6.07) is 23.7. The van der Waals surface area contributed by atoms with Gasteiger partial charge in [0.15, 0.2) is 8.32 Å². The van der Waals surface area contributed by atoms with Gasteiger partial charge < -0.3 is 13.9 Å². The van der Waals surface area contributed by atoms with E-state index in [1.807, 2.05) is 24.3 Å². The quantitative estimate of drug-likeness (QED) is 0.173. The molecule has 0 heterocycles.